The van der Waals surface area contributed by atoms with Crippen LogP contribution in [0.5, 0.6) is 11.5 Å². The molecule has 0 saturated heterocycles. The van der Waals surface area contributed by atoms with Gasteiger partial charge in [0.25, 0.3) is 0 Å². The Morgan fingerprint density at radius 1 is 1.52 bits per heavy atom. The standard InChI is InChI=1S/C15H18BrNO4/c1-3-5-17-13(15(18)19-2)10-8-11(16)14-12(9-10)20-6-4-7-21-14/h3,8-9,13,17H,1,4-7H2,2H3. The first-order chi connectivity index (χ1) is 10.2. The fourth-order valence-electron chi connectivity index (χ4n) is 2.07. The largest absolute Gasteiger partial charge is 0.490 e. The predicted molar refractivity (Wildman–Crippen MR) is 82.7 cm³/mol. The van der Waals surface area contributed by atoms with Gasteiger partial charge in [0.2, 0.25) is 0 Å². The van der Waals surface area contributed by atoms with Crippen LogP contribution in [-0.4, -0.2) is 32.8 Å². The highest BCUT2D eigenvalue weighted by Crippen LogP contribution is 2.39. The van der Waals surface area contributed by atoms with Crippen LogP contribution >= 0.6 is 15.9 Å². The lowest BCUT2D eigenvalue weighted by atomic mass is 10.1. The van der Waals surface area contributed by atoms with Gasteiger partial charge in [-0.2, -0.15) is 0 Å². The Hall–Kier alpha value is -1.53. The first-order valence-corrected chi connectivity index (χ1v) is 7.47. The van der Waals surface area contributed by atoms with Crippen molar-refractivity contribution < 1.29 is 19.0 Å². The summed E-state index contributed by atoms with van der Waals surface area (Å²) in [7, 11) is 1.36. The maximum Gasteiger partial charge on any atom is 0.327 e. The predicted octanol–water partition coefficient (Wildman–Crippen LogP) is 2.60. The van der Waals surface area contributed by atoms with E-state index in [9.17, 15) is 4.79 Å². The Bertz CT molecular complexity index is 533. The third-order valence-electron chi connectivity index (χ3n) is 3.06. The molecule has 1 aliphatic rings. The van der Waals surface area contributed by atoms with Crippen LogP contribution in [0.2, 0.25) is 0 Å². The van der Waals surface area contributed by atoms with E-state index in [0.717, 1.165) is 16.5 Å². The zero-order valence-electron chi connectivity index (χ0n) is 11.9. The van der Waals surface area contributed by atoms with Crippen molar-refractivity contribution in [3.05, 3.63) is 34.8 Å². The molecule has 0 aliphatic carbocycles. The zero-order chi connectivity index (χ0) is 15.2. The van der Waals surface area contributed by atoms with Gasteiger partial charge in [0.15, 0.2) is 11.5 Å². The molecular weight excluding hydrogens is 338 g/mol. The topological polar surface area (TPSA) is 56.8 Å². The summed E-state index contributed by atoms with van der Waals surface area (Å²) in [6, 6.07) is 3.07. The van der Waals surface area contributed by atoms with Gasteiger partial charge in [0.05, 0.1) is 24.8 Å². The van der Waals surface area contributed by atoms with E-state index in [1.807, 2.05) is 12.1 Å². The summed E-state index contributed by atoms with van der Waals surface area (Å²) in [6.07, 6.45) is 2.51. The third-order valence-corrected chi connectivity index (χ3v) is 3.65. The van der Waals surface area contributed by atoms with Gasteiger partial charge in [0.1, 0.15) is 6.04 Å². The lowest BCUT2D eigenvalue weighted by molar-refractivity contribution is -0.143. The van der Waals surface area contributed by atoms with Gasteiger partial charge in [-0.25, -0.2) is 4.79 Å². The number of halogens is 1. The molecule has 2 rings (SSSR count). The highest BCUT2D eigenvalue weighted by molar-refractivity contribution is 9.10. The molecule has 0 amide bonds. The van der Waals surface area contributed by atoms with E-state index < -0.39 is 6.04 Å². The molecule has 1 heterocycles. The Labute approximate surface area is 132 Å². The van der Waals surface area contributed by atoms with Crippen molar-refractivity contribution in [3.8, 4) is 11.5 Å². The Morgan fingerprint density at radius 2 is 2.29 bits per heavy atom. The Morgan fingerprint density at radius 3 is 3.00 bits per heavy atom. The fraction of sp³-hybridized carbons (Fsp3) is 0.400. The SMILES string of the molecule is C=CCNC(C(=O)OC)c1cc(Br)c2c(c1)OCCCO2. The molecule has 5 nitrogen and oxygen atoms in total. The number of carbonyl (C=O) groups excluding carboxylic acids is 1. The summed E-state index contributed by atoms with van der Waals surface area (Å²) in [5.74, 6) is 0.938. The third kappa shape index (κ3) is 3.77. The van der Waals surface area contributed by atoms with Crippen LogP contribution < -0.4 is 14.8 Å². The summed E-state index contributed by atoms with van der Waals surface area (Å²) in [5, 5.41) is 3.08. The van der Waals surface area contributed by atoms with Crippen molar-refractivity contribution in [1.29, 1.82) is 0 Å². The highest BCUT2D eigenvalue weighted by atomic mass is 79.9. The molecule has 0 aromatic heterocycles. The summed E-state index contributed by atoms with van der Waals surface area (Å²) in [6.45, 7) is 5.34. The van der Waals surface area contributed by atoms with E-state index in [4.69, 9.17) is 14.2 Å². The number of carbonyl (C=O) groups is 1. The molecule has 0 bridgehead atoms. The number of hydrogen-bond acceptors (Lipinski definition) is 5. The molecule has 6 heteroatoms. The number of nitrogens with one attached hydrogen (secondary N) is 1. The van der Waals surface area contributed by atoms with E-state index >= 15 is 0 Å². The second-order valence-corrected chi connectivity index (χ2v) is 5.39. The maximum atomic E-state index is 12.0. The molecular formula is C15H18BrNO4. The molecule has 1 aliphatic heterocycles. The maximum absolute atomic E-state index is 12.0. The lowest BCUT2D eigenvalue weighted by Crippen LogP contribution is -2.29. The molecule has 21 heavy (non-hydrogen) atoms. The minimum atomic E-state index is -0.582. The molecule has 1 N–H and O–H groups in total. The number of esters is 1. The van der Waals surface area contributed by atoms with E-state index in [2.05, 4.69) is 27.8 Å². The van der Waals surface area contributed by atoms with Crippen LogP contribution in [0, 0.1) is 0 Å². The molecule has 1 atom stereocenters. The molecule has 0 saturated carbocycles. The Kier molecular flexibility index (Phi) is 5.64. The highest BCUT2D eigenvalue weighted by Gasteiger charge is 2.24. The first kappa shape index (κ1) is 15.9. The van der Waals surface area contributed by atoms with Crippen LogP contribution in [0.4, 0.5) is 0 Å². The van der Waals surface area contributed by atoms with Gasteiger partial charge < -0.3 is 14.2 Å². The number of benzene rings is 1. The van der Waals surface area contributed by atoms with Crippen LogP contribution in [0.1, 0.15) is 18.0 Å². The molecule has 0 fully saturated rings. The van der Waals surface area contributed by atoms with Crippen molar-refractivity contribution in [3.63, 3.8) is 0 Å². The second kappa shape index (κ2) is 7.47. The molecule has 0 spiro atoms. The van der Waals surface area contributed by atoms with E-state index in [-0.39, 0.29) is 5.97 Å². The molecule has 114 valence electrons. The summed E-state index contributed by atoms with van der Waals surface area (Å²) in [4.78, 5) is 12.0. The zero-order valence-corrected chi connectivity index (χ0v) is 13.4. The fourth-order valence-corrected chi connectivity index (χ4v) is 2.65. The molecule has 1 aromatic carbocycles. The van der Waals surface area contributed by atoms with E-state index in [0.29, 0.717) is 31.3 Å². The van der Waals surface area contributed by atoms with Gasteiger partial charge in [-0.1, -0.05) is 6.08 Å². The molecule has 1 unspecified atom stereocenters. The van der Waals surface area contributed by atoms with Crippen molar-refractivity contribution in [2.24, 2.45) is 0 Å². The lowest BCUT2D eigenvalue weighted by Gasteiger charge is -2.18. The normalized spacial score (nSPS) is 15.0. The van der Waals surface area contributed by atoms with Crippen LogP contribution in [-0.2, 0) is 9.53 Å². The number of ether oxygens (including phenoxy) is 3. The average molecular weight is 356 g/mol. The monoisotopic (exact) mass is 355 g/mol. The van der Waals surface area contributed by atoms with Gasteiger partial charge in [-0.15, -0.1) is 6.58 Å². The van der Waals surface area contributed by atoms with Crippen molar-refractivity contribution in [1.82, 2.24) is 5.32 Å². The number of methoxy groups -OCH3 is 1. The minimum absolute atomic E-state index is 0.363. The number of fused-ring (bicyclic) bond motifs is 1. The minimum Gasteiger partial charge on any atom is -0.490 e. The average Bonchev–Trinajstić information content (AvgIpc) is 2.73. The van der Waals surface area contributed by atoms with Crippen LogP contribution in [0.15, 0.2) is 29.3 Å². The van der Waals surface area contributed by atoms with E-state index in [1.54, 1.807) is 6.08 Å². The number of hydrogen-bond donors (Lipinski definition) is 1. The smallest absolute Gasteiger partial charge is 0.327 e. The van der Waals surface area contributed by atoms with Crippen molar-refractivity contribution >= 4 is 21.9 Å². The second-order valence-electron chi connectivity index (χ2n) is 4.53. The van der Waals surface area contributed by atoms with Gasteiger partial charge in [0, 0.05) is 13.0 Å². The van der Waals surface area contributed by atoms with Gasteiger partial charge in [-0.05, 0) is 33.6 Å². The van der Waals surface area contributed by atoms with E-state index in [1.165, 1.54) is 7.11 Å². The van der Waals surface area contributed by atoms with Crippen molar-refractivity contribution in [2.45, 2.75) is 12.5 Å². The van der Waals surface area contributed by atoms with Crippen molar-refractivity contribution in [2.75, 3.05) is 26.9 Å². The molecule has 1 aromatic rings. The summed E-state index contributed by atoms with van der Waals surface area (Å²) < 4.78 is 16.9. The summed E-state index contributed by atoms with van der Waals surface area (Å²) >= 11 is 3.47. The quantitative estimate of drug-likeness (QED) is 0.649. The molecule has 0 radical (unpaired) electrons. The van der Waals surface area contributed by atoms with Crippen LogP contribution in [0.3, 0.4) is 0 Å². The van der Waals surface area contributed by atoms with Crippen LogP contribution in [0.25, 0.3) is 0 Å². The van der Waals surface area contributed by atoms with Gasteiger partial charge >= 0.3 is 5.97 Å². The number of rotatable bonds is 5. The van der Waals surface area contributed by atoms with Gasteiger partial charge in [-0.3, -0.25) is 5.32 Å². The Balaban J connectivity index is 2.36. The summed E-state index contributed by atoms with van der Waals surface area (Å²) in [5.41, 5.74) is 0.750. The first-order valence-electron chi connectivity index (χ1n) is 6.68.